The molecule has 78 valence electrons. The molecular weight excluding hydrogens is 166 g/mol. The van der Waals surface area contributed by atoms with Crippen molar-refractivity contribution in [2.24, 2.45) is 0 Å². The van der Waals surface area contributed by atoms with E-state index >= 15 is 0 Å². The van der Waals surface area contributed by atoms with Gasteiger partial charge < -0.3 is 14.7 Å². The standard InChI is InChI=1S/C10H21NO2/c1-3-11(4-2)7-9-5-6-10(8-12)13-9/h9-10,12H,3-8H2,1-2H3. The SMILES string of the molecule is CCN(CC)CC1CCC(CO)O1. The van der Waals surface area contributed by atoms with Crippen LogP contribution in [0.15, 0.2) is 0 Å². The largest absolute Gasteiger partial charge is 0.394 e. The zero-order valence-corrected chi connectivity index (χ0v) is 8.70. The summed E-state index contributed by atoms with van der Waals surface area (Å²) in [6.45, 7) is 7.70. The zero-order valence-electron chi connectivity index (χ0n) is 8.70. The number of hydrogen-bond acceptors (Lipinski definition) is 3. The summed E-state index contributed by atoms with van der Waals surface area (Å²) in [6.07, 6.45) is 2.56. The molecule has 1 heterocycles. The maximum Gasteiger partial charge on any atom is 0.0811 e. The zero-order chi connectivity index (χ0) is 9.68. The molecule has 0 aromatic carbocycles. The van der Waals surface area contributed by atoms with E-state index in [9.17, 15) is 0 Å². The van der Waals surface area contributed by atoms with Gasteiger partial charge in [-0.05, 0) is 25.9 Å². The van der Waals surface area contributed by atoms with Crippen LogP contribution in [0.2, 0.25) is 0 Å². The molecule has 3 heteroatoms. The van der Waals surface area contributed by atoms with E-state index in [1.165, 1.54) is 0 Å². The van der Waals surface area contributed by atoms with Crippen LogP contribution in [0.3, 0.4) is 0 Å². The van der Waals surface area contributed by atoms with Crippen molar-refractivity contribution < 1.29 is 9.84 Å². The Morgan fingerprint density at radius 2 is 1.85 bits per heavy atom. The smallest absolute Gasteiger partial charge is 0.0811 e. The van der Waals surface area contributed by atoms with Crippen LogP contribution in [0.4, 0.5) is 0 Å². The predicted molar refractivity (Wildman–Crippen MR) is 52.8 cm³/mol. The van der Waals surface area contributed by atoms with Gasteiger partial charge in [0.05, 0.1) is 18.8 Å². The number of ether oxygens (including phenoxy) is 1. The summed E-state index contributed by atoms with van der Waals surface area (Å²) in [5.41, 5.74) is 0. The first-order valence-corrected chi connectivity index (χ1v) is 5.28. The second-order valence-electron chi connectivity index (χ2n) is 3.63. The van der Waals surface area contributed by atoms with Crippen molar-refractivity contribution in [1.82, 2.24) is 4.90 Å². The van der Waals surface area contributed by atoms with Crippen molar-refractivity contribution in [3.63, 3.8) is 0 Å². The molecule has 0 radical (unpaired) electrons. The van der Waals surface area contributed by atoms with Crippen molar-refractivity contribution in [3.8, 4) is 0 Å². The second-order valence-corrected chi connectivity index (χ2v) is 3.63. The first-order chi connectivity index (χ1) is 6.30. The molecule has 0 amide bonds. The summed E-state index contributed by atoms with van der Waals surface area (Å²) in [4.78, 5) is 2.37. The topological polar surface area (TPSA) is 32.7 Å². The Labute approximate surface area is 80.7 Å². The minimum Gasteiger partial charge on any atom is -0.394 e. The van der Waals surface area contributed by atoms with E-state index in [-0.39, 0.29) is 12.7 Å². The van der Waals surface area contributed by atoms with Crippen LogP contribution in [-0.4, -0.2) is 48.5 Å². The van der Waals surface area contributed by atoms with Gasteiger partial charge in [0.2, 0.25) is 0 Å². The lowest BCUT2D eigenvalue weighted by molar-refractivity contribution is -0.00206. The molecule has 2 atom stereocenters. The number of rotatable bonds is 5. The lowest BCUT2D eigenvalue weighted by Crippen LogP contribution is -2.32. The van der Waals surface area contributed by atoms with E-state index in [1.54, 1.807) is 0 Å². The summed E-state index contributed by atoms with van der Waals surface area (Å²) in [5, 5.41) is 8.89. The van der Waals surface area contributed by atoms with Gasteiger partial charge in [-0.3, -0.25) is 0 Å². The van der Waals surface area contributed by atoms with Gasteiger partial charge in [-0.25, -0.2) is 0 Å². The quantitative estimate of drug-likeness (QED) is 0.693. The average molecular weight is 187 g/mol. The maximum atomic E-state index is 8.89. The fourth-order valence-corrected chi connectivity index (χ4v) is 1.82. The van der Waals surface area contributed by atoms with Crippen molar-refractivity contribution >= 4 is 0 Å². The molecule has 0 spiro atoms. The third-order valence-corrected chi connectivity index (χ3v) is 2.76. The molecule has 0 aromatic heterocycles. The Hall–Kier alpha value is -0.120. The van der Waals surface area contributed by atoms with E-state index in [1.807, 2.05) is 0 Å². The Bertz CT molecular complexity index is 137. The molecule has 0 aliphatic carbocycles. The molecule has 1 fully saturated rings. The Morgan fingerprint density at radius 1 is 1.23 bits per heavy atom. The molecule has 1 N–H and O–H groups in total. The normalized spacial score (nSPS) is 28.6. The fraction of sp³-hybridized carbons (Fsp3) is 1.00. The highest BCUT2D eigenvalue weighted by atomic mass is 16.5. The first kappa shape index (κ1) is 11.0. The molecule has 1 rings (SSSR count). The predicted octanol–water partition coefficient (Wildman–Crippen LogP) is 0.868. The first-order valence-electron chi connectivity index (χ1n) is 5.28. The van der Waals surface area contributed by atoms with Crippen LogP contribution in [0.25, 0.3) is 0 Å². The van der Waals surface area contributed by atoms with Gasteiger partial charge in [0.15, 0.2) is 0 Å². The van der Waals surface area contributed by atoms with Gasteiger partial charge >= 0.3 is 0 Å². The summed E-state index contributed by atoms with van der Waals surface area (Å²) in [7, 11) is 0. The molecule has 3 nitrogen and oxygen atoms in total. The number of aliphatic hydroxyl groups is 1. The Kier molecular flexibility index (Phi) is 4.70. The van der Waals surface area contributed by atoms with Crippen LogP contribution in [0, 0.1) is 0 Å². The van der Waals surface area contributed by atoms with Crippen molar-refractivity contribution in [2.75, 3.05) is 26.2 Å². The lowest BCUT2D eigenvalue weighted by Gasteiger charge is -2.22. The van der Waals surface area contributed by atoms with Gasteiger partial charge in [0.1, 0.15) is 0 Å². The number of nitrogens with zero attached hydrogens (tertiary/aromatic N) is 1. The summed E-state index contributed by atoms with van der Waals surface area (Å²) in [5.74, 6) is 0. The average Bonchev–Trinajstić information content (AvgIpc) is 2.61. The van der Waals surface area contributed by atoms with Crippen LogP contribution in [0.1, 0.15) is 26.7 Å². The van der Waals surface area contributed by atoms with Gasteiger partial charge in [-0.1, -0.05) is 13.8 Å². The van der Waals surface area contributed by atoms with Crippen LogP contribution < -0.4 is 0 Å². The minimum atomic E-state index is 0.0977. The fourth-order valence-electron chi connectivity index (χ4n) is 1.82. The van der Waals surface area contributed by atoms with Crippen molar-refractivity contribution in [1.29, 1.82) is 0 Å². The third-order valence-electron chi connectivity index (χ3n) is 2.76. The van der Waals surface area contributed by atoms with E-state index in [4.69, 9.17) is 9.84 Å². The van der Waals surface area contributed by atoms with Gasteiger partial charge in [0.25, 0.3) is 0 Å². The van der Waals surface area contributed by atoms with Crippen LogP contribution in [-0.2, 0) is 4.74 Å². The molecule has 0 bridgehead atoms. The highest BCUT2D eigenvalue weighted by Crippen LogP contribution is 2.19. The minimum absolute atomic E-state index is 0.0977. The van der Waals surface area contributed by atoms with E-state index in [0.717, 1.165) is 32.5 Å². The van der Waals surface area contributed by atoms with E-state index in [0.29, 0.717) is 6.10 Å². The van der Waals surface area contributed by atoms with E-state index in [2.05, 4.69) is 18.7 Å². The van der Waals surface area contributed by atoms with E-state index < -0.39 is 0 Å². The maximum absolute atomic E-state index is 8.89. The highest BCUT2D eigenvalue weighted by Gasteiger charge is 2.25. The van der Waals surface area contributed by atoms with Crippen molar-refractivity contribution in [3.05, 3.63) is 0 Å². The molecule has 1 aliphatic heterocycles. The molecule has 0 aromatic rings. The summed E-state index contributed by atoms with van der Waals surface area (Å²) >= 11 is 0. The Balaban J connectivity index is 2.22. The summed E-state index contributed by atoms with van der Waals surface area (Å²) in [6, 6.07) is 0. The highest BCUT2D eigenvalue weighted by molar-refractivity contribution is 4.75. The number of aliphatic hydroxyl groups excluding tert-OH is 1. The lowest BCUT2D eigenvalue weighted by atomic mass is 10.2. The second kappa shape index (κ2) is 5.58. The third kappa shape index (κ3) is 3.25. The van der Waals surface area contributed by atoms with Crippen molar-refractivity contribution in [2.45, 2.75) is 38.9 Å². The molecule has 2 unspecified atom stereocenters. The van der Waals surface area contributed by atoms with Crippen LogP contribution >= 0.6 is 0 Å². The molecule has 1 aliphatic rings. The summed E-state index contributed by atoms with van der Waals surface area (Å²) < 4.78 is 5.65. The molecular formula is C10H21NO2. The van der Waals surface area contributed by atoms with Gasteiger partial charge in [0, 0.05) is 6.54 Å². The molecule has 1 saturated heterocycles. The number of likely N-dealkylation sites (N-methyl/N-ethyl adjacent to an activating group) is 1. The van der Waals surface area contributed by atoms with Gasteiger partial charge in [-0.15, -0.1) is 0 Å². The number of hydrogen-bond donors (Lipinski definition) is 1. The van der Waals surface area contributed by atoms with Gasteiger partial charge in [-0.2, -0.15) is 0 Å². The monoisotopic (exact) mass is 187 g/mol. The Morgan fingerprint density at radius 3 is 2.31 bits per heavy atom. The molecule has 0 saturated carbocycles. The molecule has 13 heavy (non-hydrogen) atoms. The van der Waals surface area contributed by atoms with Crippen LogP contribution in [0.5, 0.6) is 0 Å².